The second-order valence-corrected chi connectivity index (χ2v) is 13.5. The maximum absolute atomic E-state index is 12.6. The third-order valence-electron chi connectivity index (χ3n) is 6.81. The predicted octanol–water partition coefficient (Wildman–Crippen LogP) is 6.77. The first kappa shape index (κ1) is 32.1. The van der Waals surface area contributed by atoms with Crippen molar-refractivity contribution in [2.75, 3.05) is 0 Å². The molecule has 47 heavy (non-hydrogen) atoms. The van der Waals surface area contributed by atoms with Gasteiger partial charge in [-0.1, -0.05) is 48.0 Å². The van der Waals surface area contributed by atoms with E-state index < -0.39 is 52.0 Å². The van der Waals surface area contributed by atoms with Crippen molar-refractivity contribution in [3.63, 3.8) is 0 Å². The minimum absolute atomic E-state index is 0.116. The Kier molecular flexibility index (Phi) is 8.25. The second-order valence-electron chi connectivity index (χ2n) is 9.99. The normalized spacial score (nSPS) is 12.3. The van der Waals surface area contributed by atoms with Crippen LogP contribution >= 0.6 is 23.2 Å². The van der Waals surface area contributed by atoms with Crippen molar-refractivity contribution in [2.24, 2.45) is 10.2 Å². The van der Waals surface area contributed by atoms with Gasteiger partial charge in [0.2, 0.25) is 10.6 Å². The quantitative estimate of drug-likeness (QED) is 0.116. The van der Waals surface area contributed by atoms with Crippen LogP contribution in [0.2, 0.25) is 10.6 Å². The molecule has 3 N–H and O–H groups in total. The van der Waals surface area contributed by atoms with Gasteiger partial charge in [-0.05, 0) is 65.8 Å². The number of fused-ring (bicyclic) bond motifs is 1. The average Bonchev–Trinajstić information content (AvgIpc) is 3.43. The predicted molar refractivity (Wildman–Crippen MR) is 172 cm³/mol. The van der Waals surface area contributed by atoms with E-state index in [1.165, 1.54) is 4.68 Å². The number of benzene rings is 4. The van der Waals surface area contributed by atoms with Crippen LogP contribution < -0.4 is 0 Å². The van der Waals surface area contributed by atoms with Gasteiger partial charge in [0.25, 0.3) is 20.2 Å². The summed E-state index contributed by atoms with van der Waals surface area (Å²) in [7, 11) is -10.0. The molecular weight excluding hydrogens is 693 g/mol. The third kappa shape index (κ3) is 6.55. The van der Waals surface area contributed by atoms with Crippen LogP contribution in [0.3, 0.4) is 0 Å². The largest absolute Gasteiger partial charge is 0.505 e. The molecule has 0 unspecified atom stereocenters. The second kappa shape index (κ2) is 12.1. The zero-order valence-electron chi connectivity index (χ0n) is 23.7. The van der Waals surface area contributed by atoms with Crippen molar-refractivity contribution in [2.45, 2.75) is 16.7 Å². The molecule has 0 saturated heterocycles. The Balaban J connectivity index is 1.63. The van der Waals surface area contributed by atoms with E-state index in [0.29, 0.717) is 11.4 Å². The highest BCUT2D eigenvalue weighted by atomic mass is 35.5. The highest BCUT2D eigenvalue weighted by molar-refractivity contribution is 7.86. The number of rotatable bonds is 7. The number of hydrogen-bond acceptors (Lipinski definition) is 11. The van der Waals surface area contributed by atoms with Crippen LogP contribution in [0.1, 0.15) is 5.56 Å². The number of halogens is 2. The number of aromatic nitrogens is 5. The topological polar surface area (TPSA) is 210 Å². The van der Waals surface area contributed by atoms with Gasteiger partial charge in [-0.15, -0.1) is 10.2 Å². The summed E-state index contributed by atoms with van der Waals surface area (Å²) in [5, 5.41) is 23.1. The molecular formula is C29H19Cl2N7O7S2. The number of aryl methyl sites for hydroxylation is 1. The van der Waals surface area contributed by atoms with Crippen molar-refractivity contribution >= 4 is 65.7 Å². The fourth-order valence-corrected chi connectivity index (χ4v) is 6.26. The molecule has 238 valence electrons. The average molecular weight is 713 g/mol. The molecule has 6 aromatic rings. The summed E-state index contributed by atoms with van der Waals surface area (Å²) in [6, 6.07) is 20.6. The molecule has 0 bridgehead atoms. The summed E-state index contributed by atoms with van der Waals surface area (Å²) in [5.74, 6) is -1.09. The minimum Gasteiger partial charge on any atom is -0.505 e. The molecule has 18 heteroatoms. The van der Waals surface area contributed by atoms with Gasteiger partial charge in [0.1, 0.15) is 10.6 Å². The van der Waals surface area contributed by atoms with E-state index in [2.05, 4.69) is 30.3 Å². The van der Waals surface area contributed by atoms with Crippen molar-refractivity contribution in [3.05, 3.63) is 95.0 Å². The number of phenols is 1. The van der Waals surface area contributed by atoms with E-state index in [1.54, 1.807) is 36.4 Å². The maximum Gasteiger partial charge on any atom is 0.296 e. The molecule has 6 rings (SSSR count). The van der Waals surface area contributed by atoms with Crippen molar-refractivity contribution < 1.29 is 31.0 Å². The number of hydrogen-bond donors (Lipinski definition) is 3. The maximum atomic E-state index is 12.6. The first-order valence-electron chi connectivity index (χ1n) is 13.2. The van der Waals surface area contributed by atoms with E-state index >= 15 is 0 Å². The molecule has 14 nitrogen and oxygen atoms in total. The highest BCUT2D eigenvalue weighted by Gasteiger charge is 2.27. The van der Waals surface area contributed by atoms with Crippen LogP contribution in [-0.4, -0.2) is 55.8 Å². The number of azo groups is 1. The van der Waals surface area contributed by atoms with E-state index in [-0.39, 0.29) is 28.0 Å². The molecule has 2 heterocycles. The summed E-state index contributed by atoms with van der Waals surface area (Å²) in [4.78, 5) is 9.86. The molecule has 0 aliphatic heterocycles. The van der Waals surface area contributed by atoms with Crippen LogP contribution in [0.25, 0.3) is 39.1 Å². The van der Waals surface area contributed by atoms with Crippen molar-refractivity contribution in [1.82, 2.24) is 24.7 Å². The van der Waals surface area contributed by atoms with Crippen LogP contribution in [0, 0.1) is 6.92 Å². The SMILES string of the molecule is Cc1ccc(-c2cc(N=Nc3c(S(=O)(=O)O)cc4cc(S(=O)(=O)O)cc(-c5nc(Cl)nc(Cl)n5)c4c3O)n(-c3ccccc3)n2)cc1. The molecule has 0 aliphatic carbocycles. The zero-order chi connectivity index (χ0) is 33.7. The zero-order valence-corrected chi connectivity index (χ0v) is 26.8. The minimum atomic E-state index is -5.13. The van der Waals surface area contributed by atoms with Gasteiger partial charge in [0.05, 0.1) is 16.3 Å². The van der Waals surface area contributed by atoms with Crippen LogP contribution in [0.5, 0.6) is 5.75 Å². The monoisotopic (exact) mass is 711 g/mol. The molecule has 0 amide bonds. The van der Waals surface area contributed by atoms with Gasteiger partial charge in [-0.25, -0.2) is 4.68 Å². The van der Waals surface area contributed by atoms with E-state index in [9.17, 15) is 31.0 Å². The number of aromatic hydroxyl groups is 1. The number of para-hydroxylation sites is 1. The van der Waals surface area contributed by atoms with E-state index in [1.807, 2.05) is 31.2 Å². The van der Waals surface area contributed by atoms with Gasteiger partial charge in [0, 0.05) is 22.6 Å². The molecule has 0 radical (unpaired) electrons. The van der Waals surface area contributed by atoms with Gasteiger partial charge in [-0.2, -0.15) is 36.9 Å². The summed E-state index contributed by atoms with van der Waals surface area (Å²) in [5.41, 5.74) is 1.90. The summed E-state index contributed by atoms with van der Waals surface area (Å²) < 4.78 is 70.8. The first-order chi connectivity index (χ1) is 22.2. The fourth-order valence-electron chi connectivity index (χ4n) is 4.69. The Morgan fingerprint density at radius 1 is 0.787 bits per heavy atom. The van der Waals surface area contributed by atoms with Gasteiger partial charge < -0.3 is 5.11 Å². The number of nitrogens with zero attached hydrogens (tertiary/aromatic N) is 7. The highest BCUT2D eigenvalue weighted by Crippen LogP contribution is 2.46. The third-order valence-corrected chi connectivity index (χ3v) is 8.85. The Morgan fingerprint density at radius 2 is 1.45 bits per heavy atom. The van der Waals surface area contributed by atoms with Gasteiger partial charge in [-0.3, -0.25) is 9.11 Å². The van der Waals surface area contributed by atoms with E-state index in [0.717, 1.165) is 29.3 Å². The van der Waals surface area contributed by atoms with E-state index in [4.69, 9.17) is 23.2 Å². The lowest BCUT2D eigenvalue weighted by atomic mass is 10.0. The van der Waals surface area contributed by atoms with Gasteiger partial charge >= 0.3 is 0 Å². The standard InChI is InChI=1S/C29H19Cl2N7O7S2/c1-15-7-9-16(10-8-15)21-14-23(38(37-21)18-5-3-2-4-6-18)35-36-25-22(47(43,44)45)12-17-11-19(46(40,41)42)13-20(24(17)26(25)39)27-32-28(30)34-29(31)33-27/h2-14,39H,1H3,(H,40,41,42)(H,43,44,45). The molecule has 0 aliphatic rings. The van der Waals surface area contributed by atoms with Crippen LogP contribution in [0.4, 0.5) is 11.5 Å². The van der Waals surface area contributed by atoms with Crippen LogP contribution in [0.15, 0.2) is 98.9 Å². The molecule has 0 spiro atoms. The summed E-state index contributed by atoms with van der Waals surface area (Å²) in [6.07, 6.45) is 0. The molecule has 0 atom stereocenters. The number of phenolic OH excluding ortho intramolecular Hbond substituents is 1. The molecule has 0 fully saturated rings. The van der Waals surface area contributed by atoms with Gasteiger partial charge in [0.15, 0.2) is 17.4 Å². The Bertz CT molecular complexity index is 2440. The molecule has 2 aromatic heterocycles. The summed E-state index contributed by atoms with van der Waals surface area (Å²) >= 11 is 11.9. The molecule has 0 saturated carbocycles. The van der Waals surface area contributed by atoms with Crippen molar-refractivity contribution in [1.29, 1.82) is 0 Å². The lowest BCUT2D eigenvalue weighted by Gasteiger charge is -2.13. The van der Waals surface area contributed by atoms with Crippen LogP contribution in [-0.2, 0) is 20.2 Å². The smallest absolute Gasteiger partial charge is 0.296 e. The van der Waals surface area contributed by atoms with Crippen molar-refractivity contribution in [3.8, 4) is 34.1 Å². The lowest BCUT2D eigenvalue weighted by molar-refractivity contribution is 0.472. The molecule has 4 aromatic carbocycles. The Morgan fingerprint density at radius 3 is 2.06 bits per heavy atom. The Hall–Kier alpha value is -4.84. The summed E-state index contributed by atoms with van der Waals surface area (Å²) in [6.45, 7) is 1.94. The lowest BCUT2D eigenvalue weighted by Crippen LogP contribution is -2.03. The first-order valence-corrected chi connectivity index (χ1v) is 16.8. The Labute approximate surface area is 276 Å². The fraction of sp³-hybridized carbons (Fsp3) is 0.0345.